The van der Waals surface area contributed by atoms with Crippen LogP contribution in [0.2, 0.25) is 0 Å². The molecule has 0 unspecified atom stereocenters. The zero-order valence-corrected chi connectivity index (χ0v) is 42.1. The van der Waals surface area contributed by atoms with E-state index >= 15 is 0 Å². The molecule has 0 saturated carbocycles. The molecule has 8 N–H and O–H groups in total. The van der Waals surface area contributed by atoms with Crippen molar-refractivity contribution >= 4 is 52.0 Å². The average molecular weight is 1200 g/mol. The van der Waals surface area contributed by atoms with Crippen LogP contribution in [0, 0.1) is 0 Å². The van der Waals surface area contributed by atoms with Gasteiger partial charge in [0.2, 0.25) is 13.6 Å². The number of carbonyl (C=O) groups is 3. The van der Waals surface area contributed by atoms with E-state index in [9.17, 15) is 24.6 Å². The molecule has 6 aliphatic heterocycles. The van der Waals surface area contributed by atoms with Crippen LogP contribution in [-0.2, 0) is 40.0 Å². The normalized spacial score (nSPS) is 28.0. The molecule has 2 aliphatic carbocycles. The van der Waals surface area contributed by atoms with Crippen molar-refractivity contribution in [1.29, 1.82) is 0 Å². The number of aliphatic hydroxyl groups excluding tert-OH is 2. The van der Waals surface area contributed by atoms with Crippen molar-refractivity contribution < 1.29 is 108 Å². The first kappa shape index (κ1) is 53.8. The Kier molecular flexibility index (Phi) is 18.0. The van der Waals surface area contributed by atoms with Crippen molar-refractivity contribution in [2.45, 2.75) is 109 Å². The second-order valence-electron chi connectivity index (χ2n) is 15.7. The van der Waals surface area contributed by atoms with Crippen LogP contribution in [0.4, 0.5) is 4.79 Å². The van der Waals surface area contributed by atoms with E-state index in [2.05, 4.69) is 36.2 Å². The number of nitrogens with zero attached hydrogens (tertiary/aromatic N) is 2. The van der Waals surface area contributed by atoms with E-state index in [0.717, 1.165) is 11.1 Å². The Morgan fingerprint density at radius 1 is 0.797 bits per heavy atom. The Hall–Kier alpha value is -2.81. The fraction of sp³-hybridized carbons (Fsp3) is 0.548. The van der Waals surface area contributed by atoms with Gasteiger partial charge in [-0.1, -0.05) is 7.43 Å². The average Bonchev–Trinajstić information content (AvgIpc) is 4.03. The predicted molar refractivity (Wildman–Crippen MR) is 228 cm³/mol. The SMILES string of the molecule is C.CC1(C)O[C@@H]2[C@H](O1)[C@@H](O)C=C1c3cc4c(cc3C(=O)N[C@H]12)OCO4.CC[I-]CC.CNC(=O)N(C)N1C(=O)c2cc3c(cc2C2=C[C@H](O)[C@H]4OC(C)(C)O[C@H]4[C@@H]21)OCO3.NN.[H-].[H-].[Mg+2].[Pt]. The van der Waals surface area contributed by atoms with Gasteiger partial charge >= 0.3 is 73.0 Å². The summed E-state index contributed by atoms with van der Waals surface area (Å²) in [6.45, 7) is 11.8. The number of halogens is 1. The van der Waals surface area contributed by atoms with Crippen LogP contribution in [0.1, 0.15) is 83.7 Å². The third-order valence-corrected chi connectivity index (χ3v) is 13.2. The number of alkyl halides is 2. The van der Waals surface area contributed by atoms with E-state index in [1.807, 2.05) is 0 Å². The molecule has 0 bridgehead atoms. The van der Waals surface area contributed by atoms with E-state index in [4.69, 9.17) is 37.9 Å². The minimum absolute atomic E-state index is 0. The fourth-order valence-electron chi connectivity index (χ4n) is 8.68. The van der Waals surface area contributed by atoms with Gasteiger partial charge in [-0.05, 0) is 86.4 Å². The van der Waals surface area contributed by atoms with Gasteiger partial charge in [-0.25, -0.2) is 14.8 Å². The van der Waals surface area contributed by atoms with E-state index in [1.165, 1.54) is 33.0 Å². The van der Waals surface area contributed by atoms with Crippen molar-refractivity contribution in [2.75, 3.05) is 36.5 Å². The topological polar surface area (TPSA) is 248 Å². The largest absolute Gasteiger partial charge is 2.00 e. The van der Waals surface area contributed by atoms with Crippen LogP contribution in [-0.4, -0.2) is 158 Å². The quantitative estimate of drug-likeness (QED) is 0.0704. The third-order valence-electron chi connectivity index (χ3n) is 11.1. The number of benzene rings is 2. The number of rotatable bonds is 3. The first-order valence-corrected chi connectivity index (χ1v) is 23.0. The molecule has 64 heavy (non-hydrogen) atoms. The first-order chi connectivity index (χ1) is 29.1. The summed E-state index contributed by atoms with van der Waals surface area (Å²) in [6.07, 6.45) is -0.673. The molecule has 22 heteroatoms. The Morgan fingerprint density at radius 2 is 1.22 bits per heavy atom. The second-order valence-corrected chi connectivity index (χ2v) is 19.8. The number of nitrogens with two attached hydrogens (primary N) is 2. The molecule has 6 heterocycles. The maximum absolute atomic E-state index is 13.6. The molecular weight excluding hydrogens is 1140 g/mol. The summed E-state index contributed by atoms with van der Waals surface area (Å²) in [4.78, 5) is 38.6. The minimum atomic E-state index is -0.949. The van der Waals surface area contributed by atoms with Crippen LogP contribution >= 0.6 is 0 Å². The number of hydrogen-bond donors (Lipinski definition) is 6. The number of carbonyl (C=O) groups excluding carboxylic acids is 3. The van der Waals surface area contributed by atoms with E-state index in [1.54, 1.807) is 64.1 Å². The molecule has 356 valence electrons. The molecule has 2 saturated heterocycles. The van der Waals surface area contributed by atoms with Gasteiger partial charge in [0.25, 0.3) is 11.8 Å². The summed E-state index contributed by atoms with van der Waals surface area (Å²) in [5, 5.41) is 29.3. The Bertz CT molecular complexity index is 2140. The standard InChI is InChI=1S/C20H23N3O7.C17H17NO6.C4H10I.CH4.Mg.H4N2.Pt.2H/c1-20(2)29-16-12(24)5-10-9-6-13-14(28-8-27-13)7-11(9)18(25)23(15(10)17(16)30-20)22(4)19(26)21-3;1-17(2)23-14-10(19)3-8-7-4-11-12(22-6-21-11)5-9(7)16(20)18-13(8)15(14)24-17;1-3-5-4-2;;;1-2;;;/h5-7,12,15-17,24H,8H2,1-4H3,(H,21,26);3-5,10,13-15,19H,6H2,1-2H3,(H,18,20);3-4H2,1-2H3;1H4;;1-2H2;;;/q;;-1;;+2;;;2*-1/t12-,15+,16+,17-;10-,13+,14+,15-;;;;;;;/m00......./s1. The van der Waals surface area contributed by atoms with Crippen molar-refractivity contribution in [2.24, 2.45) is 11.7 Å². The molecule has 10 rings (SSSR count). The van der Waals surface area contributed by atoms with Gasteiger partial charge in [-0.15, -0.1) is 0 Å². The third kappa shape index (κ3) is 10.1. The maximum atomic E-state index is 13.6. The van der Waals surface area contributed by atoms with Crippen LogP contribution in [0.3, 0.4) is 0 Å². The second kappa shape index (κ2) is 21.4. The molecular formula is C42H60IMgN6O13Pt-. The molecule has 0 spiro atoms. The Morgan fingerprint density at radius 3 is 1.70 bits per heavy atom. The van der Waals surface area contributed by atoms with E-state index < -0.39 is 60.3 Å². The minimum Gasteiger partial charge on any atom is -1.00 e. The Balaban J connectivity index is 0.000000378. The zero-order chi connectivity index (χ0) is 44.1. The number of hydrogen-bond acceptors (Lipinski definition) is 15. The molecule has 2 aromatic carbocycles. The summed E-state index contributed by atoms with van der Waals surface area (Å²) < 4.78 is 48.4. The van der Waals surface area contributed by atoms with Crippen molar-refractivity contribution in [3.8, 4) is 23.0 Å². The van der Waals surface area contributed by atoms with Crippen molar-refractivity contribution in [1.82, 2.24) is 20.7 Å². The fourth-order valence-corrected chi connectivity index (χ4v) is 9.76. The molecule has 8 aliphatic rings. The predicted octanol–water partition coefficient (Wildman–Crippen LogP) is -1.08. The summed E-state index contributed by atoms with van der Waals surface area (Å²) in [5.74, 6) is 7.79. The van der Waals surface area contributed by atoms with E-state index in [-0.39, 0.29) is 85.8 Å². The van der Waals surface area contributed by atoms with Gasteiger partial charge in [-0.3, -0.25) is 21.3 Å². The molecule has 2 fully saturated rings. The molecule has 0 aromatic heterocycles. The molecule has 2 aromatic rings. The number of fused-ring (bicyclic) bond motifs is 12. The molecule has 8 atom stereocenters. The molecule has 0 radical (unpaired) electrons. The van der Waals surface area contributed by atoms with Crippen LogP contribution in [0.15, 0.2) is 36.4 Å². The van der Waals surface area contributed by atoms with Gasteiger partial charge in [0.1, 0.15) is 42.7 Å². The number of urea groups is 1. The molecule has 4 amide bonds. The first-order valence-electron chi connectivity index (χ1n) is 19.9. The van der Waals surface area contributed by atoms with Crippen molar-refractivity contribution in [3.05, 3.63) is 58.7 Å². The van der Waals surface area contributed by atoms with Gasteiger partial charge in [0.05, 0.1) is 17.2 Å². The number of hydrazine groups is 2. The summed E-state index contributed by atoms with van der Waals surface area (Å²) in [5.41, 5.74) is 3.68. The number of ether oxygens (including phenoxy) is 8. The van der Waals surface area contributed by atoms with Gasteiger partial charge in [-0.2, -0.15) is 0 Å². The monoisotopic (exact) mass is 1200 g/mol. The number of nitrogens with one attached hydrogen (secondary N) is 2. The summed E-state index contributed by atoms with van der Waals surface area (Å²) >= 11 is 0.631. The smallest absolute Gasteiger partial charge is 1.00 e. The molecule has 19 nitrogen and oxygen atoms in total. The summed E-state index contributed by atoms with van der Waals surface area (Å²) in [6, 6.07) is 5.30. The maximum Gasteiger partial charge on any atom is 2.00 e. The van der Waals surface area contributed by atoms with Gasteiger partial charge < -0.3 is 61.6 Å². The van der Waals surface area contributed by atoms with Crippen LogP contribution in [0.5, 0.6) is 23.0 Å². The summed E-state index contributed by atoms with van der Waals surface area (Å²) in [7, 11) is 3.00. The van der Waals surface area contributed by atoms with Crippen LogP contribution < -0.4 is 62.5 Å². The number of aliphatic hydroxyl groups is 2. The van der Waals surface area contributed by atoms with Crippen LogP contribution in [0.25, 0.3) is 11.1 Å². The van der Waals surface area contributed by atoms with Gasteiger partial charge in [0, 0.05) is 35.2 Å². The number of amides is 4. The Labute approximate surface area is 416 Å². The van der Waals surface area contributed by atoms with E-state index in [0.29, 0.717) is 66.5 Å². The van der Waals surface area contributed by atoms with Crippen molar-refractivity contribution in [3.63, 3.8) is 0 Å². The zero-order valence-electron chi connectivity index (χ0n) is 38.2. The van der Waals surface area contributed by atoms with Gasteiger partial charge in [0.15, 0.2) is 34.6 Å².